The molecule has 1 aromatic carbocycles. The van der Waals surface area contributed by atoms with Crippen molar-refractivity contribution < 1.29 is 9.53 Å². The van der Waals surface area contributed by atoms with Crippen molar-refractivity contribution >= 4 is 5.97 Å². The molecule has 2 aromatic rings. The number of rotatable bonds is 5. The van der Waals surface area contributed by atoms with Crippen LogP contribution in [0.5, 0.6) is 0 Å². The first kappa shape index (κ1) is 13.7. The van der Waals surface area contributed by atoms with Gasteiger partial charge in [0.15, 0.2) is 0 Å². The van der Waals surface area contributed by atoms with Crippen LogP contribution in [0.1, 0.15) is 17.3 Å². The maximum absolute atomic E-state index is 11.8. The third-order valence-corrected chi connectivity index (χ3v) is 2.57. The fraction of sp³-hybridized carbons (Fsp3) is 0.133. The van der Waals surface area contributed by atoms with E-state index in [1.54, 1.807) is 35.4 Å². The number of esters is 1. The standard InChI is InChI=1S/C15H15N3O2/c1-2-3-4-5-10-20-15(19)13-6-8-14(9-7-13)18-11-16-17-12-18/h2-9,11-12H,10H2,1H3/b3-2+,5-4+. The molecule has 0 saturated heterocycles. The fourth-order valence-corrected chi connectivity index (χ4v) is 1.56. The summed E-state index contributed by atoms with van der Waals surface area (Å²) < 4.78 is 6.87. The summed E-state index contributed by atoms with van der Waals surface area (Å²) >= 11 is 0. The molecular formula is C15H15N3O2. The molecule has 0 saturated carbocycles. The van der Waals surface area contributed by atoms with Crippen LogP contribution in [0.25, 0.3) is 5.69 Å². The van der Waals surface area contributed by atoms with Gasteiger partial charge in [0.25, 0.3) is 0 Å². The Morgan fingerprint density at radius 3 is 2.55 bits per heavy atom. The maximum Gasteiger partial charge on any atom is 0.338 e. The lowest BCUT2D eigenvalue weighted by Crippen LogP contribution is -2.05. The zero-order valence-corrected chi connectivity index (χ0v) is 11.1. The molecule has 1 aromatic heterocycles. The highest BCUT2D eigenvalue weighted by Gasteiger charge is 2.06. The first-order chi connectivity index (χ1) is 9.81. The second kappa shape index (κ2) is 7.04. The summed E-state index contributed by atoms with van der Waals surface area (Å²) in [7, 11) is 0. The van der Waals surface area contributed by atoms with Crippen LogP contribution in [0.4, 0.5) is 0 Å². The van der Waals surface area contributed by atoms with Gasteiger partial charge in [-0.15, -0.1) is 10.2 Å². The molecule has 20 heavy (non-hydrogen) atoms. The molecule has 0 bridgehead atoms. The molecule has 0 aliphatic heterocycles. The highest BCUT2D eigenvalue weighted by atomic mass is 16.5. The first-order valence-electron chi connectivity index (χ1n) is 6.21. The van der Waals surface area contributed by atoms with Gasteiger partial charge in [-0.3, -0.25) is 4.57 Å². The van der Waals surface area contributed by atoms with E-state index in [-0.39, 0.29) is 12.6 Å². The van der Waals surface area contributed by atoms with Gasteiger partial charge in [-0.2, -0.15) is 0 Å². The van der Waals surface area contributed by atoms with Gasteiger partial charge in [-0.05, 0) is 37.3 Å². The lowest BCUT2D eigenvalue weighted by atomic mass is 10.2. The number of allylic oxidation sites excluding steroid dienone is 3. The molecule has 0 fully saturated rings. The van der Waals surface area contributed by atoms with E-state index in [9.17, 15) is 4.79 Å². The molecule has 1 heterocycles. The number of nitrogens with zero attached hydrogens (tertiary/aromatic N) is 3. The van der Waals surface area contributed by atoms with E-state index in [0.717, 1.165) is 5.69 Å². The Balaban J connectivity index is 1.94. The van der Waals surface area contributed by atoms with Gasteiger partial charge in [-0.25, -0.2) is 4.79 Å². The number of hydrogen-bond donors (Lipinski definition) is 0. The van der Waals surface area contributed by atoms with Gasteiger partial charge in [0.05, 0.1) is 5.56 Å². The molecule has 0 spiro atoms. The maximum atomic E-state index is 11.8. The largest absolute Gasteiger partial charge is 0.458 e. The molecule has 5 heteroatoms. The van der Waals surface area contributed by atoms with Crippen LogP contribution >= 0.6 is 0 Å². The summed E-state index contributed by atoms with van der Waals surface area (Å²) in [5.41, 5.74) is 1.40. The summed E-state index contributed by atoms with van der Waals surface area (Å²) in [6.45, 7) is 2.18. The molecule has 2 rings (SSSR count). The molecule has 0 N–H and O–H groups in total. The zero-order valence-electron chi connectivity index (χ0n) is 11.1. The van der Waals surface area contributed by atoms with Crippen LogP contribution in [-0.2, 0) is 4.74 Å². The average Bonchev–Trinajstić information content (AvgIpc) is 3.01. The average molecular weight is 269 g/mol. The summed E-state index contributed by atoms with van der Waals surface area (Å²) in [5, 5.41) is 7.46. The van der Waals surface area contributed by atoms with Crippen molar-refractivity contribution in [3.8, 4) is 5.69 Å². The molecule has 0 aliphatic carbocycles. The van der Waals surface area contributed by atoms with Crippen molar-refractivity contribution in [2.45, 2.75) is 6.92 Å². The number of carbonyl (C=O) groups is 1. The summed E-state index contributed by atoms with van der Waals surface area (Å²) in [4.78, 5) is 11.8. The number of ether oxygens (including phenoxy) is 1. The minimum atomic E-state index is -0.342. The molecule has 102 valence electrons. The Bertz CT molecular complexity index is 599. The van der Waals surface area contributed by atoms with E-state index in [2.05, 4.69) is 10.2 Å². The third kappa shape index (κ3) is 3.65. The van der Waals surface area contributed by atoms with E-state index in [1.165, 1.54) is 0 Å². The second-order valence-electron chi connectivity index (χ2n) is 3.97. The Morgan fingerprint density at radius 2 is 1.90 bits per heavy atom. The lowest BCUT2D eigenvalue weighted by molar-refractivity contribution is 0.0549. The van der Waals surface area contributed by atoms with Crippen LogP contribution in [0.15, 0.2) is 61.2 Å². The minimum Gasteiger partial charge on any atom is -0.458 e. The summed E-state index contributed by atoms with van der Waals surface area (Å²) in [6.07, 6.45) is 10.6. The fourth-order valence-electron chi connectivity index (χ4n) is 1.56. The van der Waals surface area contributed by atoms with Crippen molar-refractivity contribution in [3.05, 3.63) is 66.8 Å². The Morgan fingerprint density at radius 1 is 1.20 bits per heavy atom. The zero-order chi connectivity index (χ0) is 14.2. The normalized spacial score (nSPS) is 11.2. The second-order valence-corrected chi connectivity index (χ2v) is 3.97. The van der Waals surface area contributed by atoms with Gasteiger partial charge in [0.2, 0.25) is 0 Å². The minimum absolute atomic E-state index is 0.260. The molecule has 0 aliphatic rings. The van der Waals surface area contributed by atoms with E-state index >= 15 is 0 Å². The Hall–Kier alpha value is -2.69. The van der Waals surface area contributed by atoms with Crippen LogP contribution in [-0.4, -0.2) is 27.3 Å². The van der Waals surface area contributed by atoms with Gasteiger partial charge >= 0.3 is 5.97 Å². The summed E-state index contributed by atoms with van der Waals surface area (Å²) in [5.74, 6) is -0.342. The van der Waals surface area contributed by atoms with E-state index in [1.807, 2.05) is 37.3 Å². The van der Waals surface area contributed by atoms with Crippen LogP contribution < -0.4 is 0 Å². The van der Waals surface area contributed by atoms with Crippen LogP contribution in [0.3, 0.4) is 0 Å². The SMILES string of the molecule is C/C=C/C=C/COC(=O)c1ccc(-n2cnnc2)cc1. The highest BCUT2D eigenvalue weighted by molar-refractivity contribution is 5.89. The van der Waals surface area contributed by atoms with E-state index in [4.69, 9.17) is 4.74 Å². The van der Waals surface area contributed by atoms with Crippen LogP contribution in [0, 0.1) is 0 Å². The molecule has 0 amide bonds. The molecule has 0 unspecified atom stereocenters. The molecular weight excluding hydrogens is 254 g/mol. The lowest BCUT2D eigenvalue weighted by Gasteiger charge is -2.04. The number of benzene rings is 1. The predicted molar refractivity (Wildman–Crippen MR) is 75.6 cm³/mol. The summed E-state index contributed by atoms with van der Waals surface area (Å²) in [6, 6.07) is 7.06. The van der Waals surface area contributed by atoms with Crippen molar-refractivity contribution in [2.24, 2.45) is 0 Å². The smallest absolute Gasteiger partial charge is 0.338 e. The Labute approximate surface area is 117 Å². The number of hydrogen-bond acceptors (Lipinski definition) is 4. The van der Waals surface area contributed by atoms with Gasteiger partial charge < -0.3 is 4.74 Å². The van der Waals surface area contributed by atoms with Crippen molar-refractivity contribution in [3.63, 3.8) is 0 Å². The van der Waals surface area contributed by atoms with Crippen molar-refractivity contribution in [2.75, 3.05) is 6.61 Å². The van der Waals surface area contributed by atoms with E-state index < -0.39 is 0 Å². The monoisotopic (exact) mass is 269 g/mol. The van der Waals surface area contributed by atoms with Crippen LogP contribution in [0.2, 0.25) is 0 Å². The Kier molecular flexibility index (Phi) is 4.83. The van der Waals surface area contributed by atoms with Gasteiger partial charge in [0, 0.05) is 5.69 Å². The molecule has 5 nitrogen and oxygen atoms in total. The van der Waals surface area contributed by atoms with Crippen molar-refractivity contribution in [1.82, 2.24) is 14.8 Å². The first-order valence-corrected chi connectivity index (χ1v) is 6.21. The third-order valence-electron chi connectivity index (χ3n) is 2.57. The van der Waals surface area contributed by atoms with E-state index in [0.29, 0.717) is 5.56 Å². The highest BCUT2D eigenvalue weighted by Crippen LogP contribution is 2.09. The number of carbonyl (C=O) groups excluding carboxylic acids is 1. The van der Waals surface area contributed by atoms with Crippen molar-refractivity contribution in [1.29, 1.82) is 0 Å². The molecule has 0 radical (unpaired) electrons. The van der Waals surface area contributed by atoms with Gasteiger partial charge in [-0.1, -0.05) is 18.2 Å². The predicted octanol–water partition coefficient (Wildman–Crippen LogP) is 2.56. The topological polar surface area (TPSA) is 57.0 Å². The molecule has 0 atom stereocenters. The number of aromatic nitrogens is 3. The quantitative estimate of drug-likeness (QED) is 0.618. The van der Waals surface area contributed by atoms with Gasteiger partial charge in [0.1, 0.15) is 19.3 Å².